The SMILES string of the molecule is Cc1cc(Cl)c(C#N)c(C(=O)O)c1. The molecule has 0 saturated heterocycles. The van der Waals surface area contributed by atoms with Gasteiger partial charge < -0.3 is 5.11 Å². The van der Waals surface area contributed by atoms with Crippen LogP contribution >= 0.6 is 11.6 Å². The molecule has 0 aliphatic rings. The summed E-state index contributed by atoms with van der Waals surface area (Å²) in [5, 5.41) is 17.6. The van der Waals surface area contributed by atoms with Crippen LogP contribution in [0, 0.1) is 18.3 Å². The zero-order chi connectivity index (χ0) is 10.0. The first-order valence-corrected chi connectivity index (χ1v) is 3.87. The van der Waals surface area contributed by atoms with E-state index in [9.17, 15) is 4.79 Å². The van der Waals surface area contributed by atoms with Gasteiger partial charge in [-0.15, -0.1) is 0 Å². The van der Waals surface area contributed by atoms with Gasteiger partial charge in [0.2, 0.25) is 0 Å². The van der Waals surface area contributed by atoms with Crippen molar-refractivity contribution >= 4 is 17.6 Å². The Hall–Kier alpha value is -1.53. The highest BCUT2D eigenvalue weighted by atomic mass is 35.5. The number of hydrogen-bond acceptors (Lipinski definition) is 2. The van der Waals surface area contributed by atoms with Crippen LogP contribution in [0.1, 0.15) is 21.5 Å². The minimum atomic E-state index is -1.14. The summed E-state index contributed by atoms with van der Waals surface area (Å²) < 4.78 is 0. The highest BCUT2D eigenvalue weighted by Crippen LogP contribution is 2.21. The Kier molecular flexibility index (Phi) is 2.54. The van der Waals surface area contributed by atoms with Crippen molar-refractivity contribution in [2.75, 3.05) is 0 Å². The quantitative estimate of drug-likeness (QED) is 0.748. The average molecular weight is 196 g/mol. The van der Waals surface area contributed by atoms with Crippen LogP contribution in [0.4, 0.5) is 0 Å². The second kappa shape index (κ2) is 3.46. The van der Waals surface area contributed by atoms with E-state index in [1.165, 1.54) is 6.07 Å². The molecule has 0 aliphatic carbocycles. The molecule has 0 aliphatic heterocycles. The maximum atomic E-state index is 10.7. The molecule has 0 aromatic heterocycles. The summed E-state index contributed by atoms with van der Waals surface area (Å²) in [7, 11) is 0. The van der Waals surface area contributed by atoms with Crippen molar-refractivity contribution in [3.63, 3.8) is 0 Å². The number of aryl methyl sites for hydroxylation is 1. The fourth-order valence-corrected chi connectivity index (χ4v) is 1.34. The number of benzene rings is 1. The van der Waals surface area contributed by atoms with Crippen LogP contribution in [0.3, 0.4) is 0 Å². The molecule has 0 heterocycles. The van der Waals surface area contributed by atoms with Crippen molar-refractivity contribution in [1.82, 2.24) is 0 Å². The lowest BCUT2D eigenvalue weighted by Crippen LogP contribution is -2.01. The number of carbonyl (C=O) groups is 1. The smallest absolute Gasteiger partial charge is 0.337 e. The summed E-state index contributed by atoms with van der Waals surface area (Å²) in [4.78, 5) is 10.7. The third kappa shape index (κ3) is 1.79. The molecule has 0 spiro atoms. The lowest BCUT2D eigenvalue weighted by Gasteiger charge is -2.01. The molecule has 0 amide bonds. The summed E-state index contributed by atoms with van der Waals surface area (Å²) in [5.74, 6) is -1.14. The fourth-order valence-electron chi connectivity index (χ4n) is 1.02. The maximum Gasteiger partial charge on any atom is 0.337 e. The number of hydrogen-bond donors (Lipinski definition) is 1. The Morgan fingerprint density at radius 1 is 1.62 bits per heavy atom. The number of nitrogens with zero attached hydrogens (tertiary/aromatic N) is 1. The van der Waals surface area contributed by atoms with Gasteiger partial charge in [0.15, 0.2) is 0 Å². The van der Waals surface area contributed by atoms with E-state index in [0.29, 0.717) is 0 Å². The monoisotopic (exact) mass is 195 g/mol. The minimum absolute atomic E-state index is 0.0137. The first-order chi connectivity index (χ1) is 6.06. The van der Waals surface area contributed by atoms with Gasteiger partial charge in [-0.2, -0.15) is 5.26 Å². The van der Waals surface area contributed by atoms with Gasteiger partial charge in [-0.1, -0.05) is 11.6 Å². The second-order valence-electron chi connectivity index (χ2n) is 2.59. The van der Waals surface area contributed by atoms with E-state index < -0.39 is 5.97 Å². The van der Waals surface area contributed by atoms with Gasteiger partial charge in [0.25, 0.3) is 0 Å². The average Bonchev–Trinajstić information content (AvgIpc) is 2.02. The van der Waals surface area contributed by atoms with Gasteiger partial charge in [-0.3, -0.25) is 0 Å². The molecule has 0 atom stereocenters. The zero-order valence-electron chi connectivity index (χ0n) is 6.84. The molecule has 0 fully saturated rings. The molecule has 0 saturated carbocycles. The molecule has 4 heteroatoms. The Bertz CT molecular complexity index is 407. The third-order valence-corrected chi connectivity index (χ3v) is 1.87. The third-order valence-electron chi connectivity index (χ3n) is 1.58. The number of carboxylic acids is 1. The predicted octanol–water partition coefficient (Wildman–Crippen LogP) is 2.22. The topological polar surface area (TPSA) is 61.1 Å². The molecule has 1 aromatic carbocycles. The van der Waals surface area contributed by atoms with E-state index in [4.69, 9.17) is 22.0 Å². The van der Waals surface area contributed by atoms with Gasteiger partial charge >= 0.3 is 5.97 Å². The number of carboxylic acid groups (broad SMARTS) is 1. The molecule has 1 N–H and O–H groups in total. The lowest BCUT2D eigenvalue weighted by molar-refractivity contribution is 0.0696. The summed E-state index contributed by atoms with van der Waals surface area (Å²) in [6.07, 6.45) is 0. The highest BCUT2D eigenvalue weighted by Gasteiger charge is 2.13. The maximum absolute atomic E-state index is 10.7. The minimum Gasteiger partial charge on any atom is -0.478 e. The van der Waals surface area contributed by atoms with Crippen molar-refractivity contribution in [1.29, 1.82) is 5.26 Å². The van der Waals surface area contributed by atoms with Crippen LogP contribution in [0.15, 0.2) is 12.1 Å². The Morgan fingerprint density at radius 3 is 2.69 bits per heavy atom. The number of aromatic carboxylic acids is 1. The van der Waals surface area contributed by atoms with Crippen molar-refractivity contribution in [3.8, 4) is 6.07 Å². The molecule has 1 aromatic rings. The molecule has 13 heavy (non-hydrogen) atoms. The van der Waals surface area contributed by atoms with Crippen LogP contribution in [-0.2, 0) is 0 Å². The van der Waals surface area contributed by atoms with Crippen LogP contribution < -0.4 is 0 Å². The molecule has 0 unspecified atom stereocenters. The van der Waals surface area contributed by atoms with Gasteiger partial charge in [-0.05, 0) is 24.6 Å². The summed E-state index contributed by atoms with van der Waals surface area (Å²) in [6, 6.07) is 4.75. The lowest BCUT2D eigenvalue weighted by atomic mass is 10.1. The molecule has 3 nitrogen and oxygen atoms in total. The molecular weight excluding hydrogens is 190 g/mol. The van der Waals surface area contributed by atoms with Gasteiger partial charge in [0.1, 0.15) is 6.07 Å². The molecule has 66 valence electrons. The summed E-state index contributed by atoms with van der Waals surface area (Å²) in [5.41, 5.74) is 0.689. The number of halogens is 1. The molecular formula is C9H6ClNO2. The van der Waals surface area contributed by atoms with Crippen LogP contribution in [0.5, 0.6) is 0 Å². The van der Waals surface area contributed by atoms with Crippen LogP contribution in [0.25, 0.3) is 0 Å². The van der Waals surface area contributed by atoms with Gasteiger partial charge in [-0.25, -0.2) is 4.79 Å². The molecule has 1 rings (SSSR count). The second-order valence-corrected chi connectivity index (χ2v) is 2.99. The van der Waals surface area contributed by atoms with E-state index in [2.05, 4.69) is 0 Å². The zero-order valence-corrected chi connectivity index (χ0v) is 7.59. The normalized spacial score (nSPS) is 9.31. The predicted molar refractivity (Wildman–Crippen MR) is 47.9 cm³/mol. The number of nitriles is 1. The highest BCUT2D eigenvalue weighted by molar-refractivity contribution is 6.32. The summed E-state index contributed by atoms with van der Waals surface area (Å²) in [6.45, 7) is 1.72. The molecule has 0 bridgehead atoms. The van der Waals surface area contributed by atoms with Crippen molar-refractivity contribution in [2.24, 2.45) is 0 Å². The largest absolute Gasteiger partial charge is 0.478 e. The van der Waals surface area contributed by atoms with E-state index in [0.717, 1.165) is 5.56 Å². The van der Waals surface area contributed by atoms with Gasteiger partial charge in [0, 0.05) is 0 Å². The Morgan fingerprint density at radius 2 is 2.23 bits per heavy atom. The van der Waals surface area contributed by atoms with Crippen molar-refractivity contribution in [2.45, 2.75) is 6.92 Å². The first kappa shape index (κ1) is 9.56. The molecule has 0 radical (unpaired) electrons. The van der Waals surface area contributed by atoms with E-state index in [1.807, 2.05) is 0 Å². The summed E-state index contributed by atoms with van der Waals surface area (Å²) >= 11 is 5.69. The Labute approximate surface area is 80.2 Å². The fraction of sp³-hybridized carbons (Fsp3) is 0.111. The van der Waals surface area contributed by atoms with E-state index in [-0.39, 0.29) is 16.1 Å². The van der Waals surface area contributed by atoms with Crippen molar-refractivity contribution in [3.05, 3.63) is 33.8 Å². The standard InChI is InChI=1S/C9H6ClNO2/c1-5-2-6(9(12)13)7(4-11)8(10)3-5/h2-3H,1H3,(H,12,13). The van der Waals surface area contributed by atoms with E-state index >= 15 is 0 Å². The van der Waals surface area contributed by atoms with E-state index in [1.54, 1.807) is 19.1 Å². The van der Waals surface area contributed by atoms with Crippen molar-refractivity contribution < 1.29 is 9.90 Å². The van der Waals surface area contributed by atoms with Crippen LogP contribution in [0.2, 0.25) is 5.02 Å². The van der Waals surface area contributed by atoms with Crippen LogP contribution in [-0.4, -0.2) is 11.1 Å². The first-order valence-electron chi connectivity index (χ1n) is 3.50. The van der Waals surface area contributed by atoms with Gasteiger partial charge in [0.05, 0.1) is 16.1 Å². The Balaban J connectivity index is 3.50. The number of rotatable bonds is 1.